The van der Waals surface area contributed by atoms with Gasteiger partial charge in [0.2, 0.25) is 0 Å². The van der Waals surface area contributed by atoms with E-state index in [1.807, 2.05) is 6.07 Å². The van der Waals surface area contributed by atoms with Gasteiger partial charge in [0.05, 0.1) is 21.5 Å². The number of hydrogen-bond donors (Lipinski definition) is 1. The second-order valence-corrected chi connectivity index (χ2v) is 8.60. The molecule has 0 saturated carbocycles. The monoisotopic (exact) mass is 417 g/mol. The lowest BCUT2D eigenvalue weighted by molar-refractivity contribution is -0.385. The summed E-state index contributed by atoms with van der Waals surface area (Å²) in [5.74, 6) is 0.0941. The summed E-state index contributed by atoms with van der Waals surface area (Å²) in [4.78, 5) is 14.1. The first-order chi connectivity index (χ1) is 13.3. The maximum atomic E-state index is 12.5. The maximum Gasteiger partial charge on any atom is 0.289 e. The molecule has 0 aliphatic heterocycles. The highest BCUT2D eigenvalue weighted by Crippen LogP contribution is 2.27. The van der Waals surface area contributed by atoms with Gasteiger partial charge in [-0.25, -0.2) is 13.4 Å². The zero-order chi connectivity index (χ0) is 20.1. The number of benzene rings is 2. The van der Waals surface area contributed by atoms with Gasteiger partial charge >= 0.3 is 0 Å². The van der Waals surface area contributed by atoms with Crippen LogP contribution < -0.4 is 5.32 Å². The second-order valence-electron chi connectivity index (χ2n) is 6.12. The molecule has 0 aliphatic rings. The molecule has 2 aromatic carbocycles. The van der Waals surface area contributed by atoms with Gasteiger partial charge in [-0.2, -0.15) is 0 Å². The number of aromatic nitrogens is 1. The molecule has 1 N–H and O–H groups in total. The summed E-state index contributed by atoms with van der Waals surface area (Å²) in [6.07, 6.45) is 1.10. The Morgan fingerprint density at radius 2 is 1.68 bits per heavy atom. The Bertz CT molecular complexity index is 1110. The van der Waals surface area contributed by atoms with Gasteiger partial charge in [0.15, 0.2) is 9.84 Å². The summed E-state index contributed by atoms with van der Waals surface area (Å²) in [5.41, 5.74) is 1.71. The zero-order valence-electron chi connectivity index (χ0n) is 14.6. The Kier molecular flexibility index (Phi) is 5.91. The van der Waals surface area contributed by atoms with E-state index in [4.69, 9.17) is 11.6 Å². The molecule has 0 fully saturated rings. The standard InChI is InChI=1S/C19H16ClN3O4S/c20-18-10-17(23(24)25)11-21-19(18)22-16-8-4-7-15(9-16)13-28(26,27)12-14-5-2-1-3-6-14/h1-11H,12-13H2,(H,21,22). The zero-order valence-corrected chi connectivity index (χ0v) is 16.2. The minimum Gasteiger partial charge on any atom is -0.339 e. The number of nitrogens with zero attached hydrogens (tertiary/aromatic N) is 2. The third kappa shape index (κ3) is 5.28. The van der Waals surface area contributed by atoms with Crippen molar-refractivity contribution in [2.45, 2.75) is 11.5 Å². The predicted octanol–water partition coefficient (Wildman–Crippen LogP) is 4.50. The van der Waals surface area contributed by atoms with Gasteiger partial charge in [-0.05, 0) is 23.3 Å². The summed E-state index contributed by atoms with van der Waals surface area (Å²) >= 11 is 6.03. The lowest BCUT2D eigenvalue weighted by Crippen LogP contribution is -2.08. The van der Waals surface area contributed by atoms with E-state index >= 15 is 0 Å². The smallest absolute Gasteiger partial charge is 0.289 e. The van der Waals surface area contributed by atoms with Gasteiger partial charge < -0.3 is 5.32 Å². The number of nitro groups is 1. The van der Waals surface area contributed by atoms with Gasteiger partial charge in [-0.3, -0.25) is 10.1 Å². The average molecular weight is 418 g/mol. The van der Waals surface area contributed by atoms with Crippen molar-refractivity contribution in [3.8, 4) is 0 Å². The van der Waals surface area contributed by atoms with Crippen molar-refractivity contribution in [3.05, 3.63) is 93.1 Å². The van der Waals surface area contributed by atoms with E-state index in [0.29, 0.717) is 11.3 Å². The Morgan fingerprint density at radius 1 is 1.00 bits per heavy atom. The maximum absolute atomic E-state index is 12.5. The van der Waals surface area contributed by atoms with Gasteiger partial charge in [-0.15, -0.1) is 0 Å². The molecule has 1 aromatic heterocycles. The van der Waals surface area contributed by atoms with Crippen molar-refractivity contribution >= 4 is 38.6 Å². The number of rotatable bonds is 7. The fourth-order valence-corrected chi connectivity index (χ4v) is 4.33. The van der Waals surface area contributed by atoms with Crippen LogP contribution in [0, 0.1) is 10.1 Å². The molecule has 0 spiro atoms. The molecule has 0 saturated heterocycles. The van der Waals surface area contributed by atoms with Crippen molar-refractivity contribution in [1.29, 1.82) is 0 Å². The van der Waals surface area contributed by atoms with Crippen molar-refractivity contribution in [2.75, 3.05) is 5.32 Å². The highest BCUT2D eigenvalue weighted by molar-refractivity contribution is 7.89. The van der Waals surface area contributed by atoms with Gasteiger partial charge in [0.25, 0.3) is 5.69 Å². The normalized spacial score (nSPS) is 11.2. The summed E-state index contributed by atoms with van der Waals surface area (Å²) in [7, 11) is -3.35. The van der Waals surface area contributed by atoms with Crippen LogP contribution in [0.4, 0.5) is 17.2 Å². The molecule has 7 nitrogen and oxygen atoms in total. The molecule has 28 heavy (non-hydrogen) atoms. The molecule has 3 aromatic rings. The van der Waals surface area contributed by atoms with Gasteiger partial charge in [0, 0.05) is 11.8 Å². The molecule has 0 atom stereocenters. The molecule has 0 bridgehead atoms. The minimum atomic E-state index is -3.35. The molecule has 0 aliphatic carbocycles. The summed E-state index contributed by atoms with van der Waals surface area (Å²) in [6.45, 7) is 0. The van der Waals surface area contributed by atoms with Crippen LogP contribution in [0.25, 0.3) is 0 Å². The molecule has 0 radical (unpaired) electrons. The first-order valence-electron chi connectivity index (χ1n) is 8.23. The van der Waals surface area contributed by atoms with Crippen LogP contribution in [-0.4, -0.2) is 18.3 Å². The topological polar surface area (TPSA) is 102 Å². The first kappa shape index (κ1) is 19.8. The van der Waals surface area contributed by atoms with Crippen LogP contribution in [0.1, 0.15) is 11.1 Å². The van der Waals surface area contributed by atoms with Crippen LogP contribution in [0.3, 0.4) is 0 Å². The third-order valence-corrected chi connectivity index (χ3v) is 5.68. The Morgan fingerprint density at radius 3 is 2.36 bits per heavy atom. The fraction of sp³-hybridized carbons (Fsp3) is 0.105. The lowest BCUT2D eigenvalue weighted by atomic mass is 10.2. The largest absolute Gasteiger partial charge is 0.339 e. The van der Waals surface area contributed by atoms with E-state index in [0.717, 1.165) is 11.8 Å². The number of nitrogens with one attached hydrogen (secondary N) is 1. The third-order valence-electron chi connectivity index (χ3n) is 3.84. The highest BCUT2D eigenvalue weighted by Gasteiger charge is 2.14. The molecular weight excluding hydrogens is 402 g/mol. The Labute approximate surface area is 167 Å². The van der Waals surface area contributed by atoms with Crippen molar-refractivity contribution in [2.24, 2.45) is 0 Å². The fourth-order valence-electron chi connectivity index (χ4n) is 2.63. The Balaban J connectivity index is 1.74. The molecular formula is C19H16ClN3O4S. The molecule has 144 valence electrons. The first-order valence-corrected chi connectivity index (χ1v) is 10.4. The van der Waals surface area contributed by atoms with Crippen LogP contribution in [0.2, 0.25) is 5.02 Å². The number of pyridine rings is 1. The molecule has 0 unspecified atom stereocenters. The van der Waals surface area contributed by atoms with E-state index in [-0.39, 0.29) is 28.0 Å². The SMILES string of the molecule is O=[N+]([O-])c1cnc(Nc2cccc(CS(=O)(=O)Cc3ccccc3)c2)c(Cl)c1. The van der Waals surface area contributed by atoms with E-state index in [1.54, 1.807) is 48.5 Å². The number of hydrogen-bond acceptors (Lipinski definition) is 6. The van der Waals surface area contributed by atoms with Gasteiger partial charge in [-0.1, -0.05) is 54.1 Å². The van der Waals surface area contributed by atoms with Crippen molar-refractivity contribution < 1.29 is 13.3 Å². The summed E-state index contributed by atoms with van der Waals surface area (Å²) in [5, 5.41) is 13.8. The number of sulfone groups is 1. The van der Waals surface area contributed by atoms with Crippen molar-refractivity contribution in [1.82, 2.24) is 4.98 Å². The predicted molar refractivity (Wildman–Crippen MR) is 108 cm³/mol. The summed E-state index contributed by atoms with van der Waals surface area (Å²) in [6, 6.07) is 17.0. The number of halogens is 1. The van der Waals surface area contributed by atoms with Crippen LogP contribution >= 0.6 is 11.6 Å². The molecule has 0 amide bonds. The molecule has 1 heterocycles. The summed E-state index contributed by atoms with van der Waals surface area (Å²) < 4.78 is 25.0. The molecule has 9 heteroatoms. The van der Waals surface area contributed by atoms with Gasteiger partial charge in [0.1, 0.15) is 12.0 Å². The van der Waals surface area contributed by atoms with Crippen LogP contribution in [-0.2, 0) is 21.3 Å². The van der Waals surface area contributed by atoms with E-state index in [2.05, 4.69) is 10.3 Å². The highest BCUT2D eigenvalue weighted by atomic mass is 35.5. The minimum absolute atomic E-state index is 0.0404. The number of anilines is 2. The van der Waals surface area contributed by atoms with Crippen LogP contribution in [0.5, 0.6) is 0 Å². The molecule has 3 rings (SSSR count). The van der Waals surface area contributed by atoms with Crippen molar-refractivity contribution in [3.63, 3.8) is 0 Å². The van der Waals surface area contributed by atoms with E-state index in [1.165, 1.54) is 6.07 Å². The second kappa shape index (κ2) is 8.37. The average Bonchev–Trinajstić information content (AvgIpc) is 2.63. The van der Waals surface area contributed by atoms with E-state index < -0.39 is 14.8 Å². The quantitative estimate of drug-likeness (QED) is 0.448. The van der Waals surface area contributed by atoms with E-state index in [9.17, 15) is 18.5 Å². The lowest BCUT2D eigenvalue weighted by Gasteiger charge is -2.10. The Hall–Kier alpha value is -2.97. The van der Waals surface area contributed by atoms with Crippen LogP contribution in [0.15, 0.2) is 66.9 Å².